The van der Waals surface area contributed by atoms with Crippen LogP contribution >= 0.6 is 0 Å². The van der Waals surface area contributed by atoms with Crippen LogP contribution in [0.15, 0.2) is 53.6 Å². The van der Waals surface area contributed by atoms with Gasteiger partial charge in [-0.15, -0.1) is 0 Å². The van der Waals surface area contributed by atoms with E-state index < -0.39 is 0 Å². The minimum atomic E-state index is -0.373. The van der Waals surface area contributed by atoms with Gasteiger partial charge in [0, 0.05) is 0 Å². The minimum Gasteiger partial charge on any atom is -0.491 e. The summed E-state index contributed by atoms with van der Waals surface area (Å²) in [4.78, 5) is 0. The van der Waals surface area contributed by atoms with Gasteiger partial charge in [-0.3, -0.25) is 5.43 Å². The van der Waals surface area contributed by atoms with Crippen molar-refractivity contribution in [2.45, 2.75) is 13.3 Å². The highest BCUT2D eigenvalue weighted by atomic mass is 19.1. The molecule has 2 aromatic rings. The van der Waals surface area contributed by atoms with Gasteiger partial charge in [-0.1, -0.05) is 25.1 Å². The molecule has 0 heterocycles. The van der Waals surface area contributed by atoms with E-state index in [1.54, 1.807) is 18.3 Å². The zero-order chi connectivity index (χ0) is 14.2. The van der Waals surface area contributed by atoms with E-state index in [9.17, 15) is 4.39 Å². The number of benzene rings is 2. The summed E-state index contributed by atoms with van der Waals surface area (Å²) < 4.78 is 19.0. The molecule has 0 aliphatic rings. The van der Waals surface area contributed by atoms with E-state index in [0.717, 1.165) is 12.1 Å². The Kier molecular flexibility index (Phi) is 5.12. The molecular weight excluding hydrogens is 255 g/mol. The standard InChI is InChI=1S/C16H17FN2O/c1-2-10-20-16-9-8-13(11-15(16)17)12-18-19-14-6-4-3-5-7-14/h3-9,11-12,19H,2,10H2,1H3. The summed E-state index contributed by atoms with van der Waals surface area (Å²) >= 11 is 0. The van der Waals surface area contributed by atoms with E-state index in [1.165, 1.54) is 6.07 Å². The van der Waals surface area contributed by atoms with Crippen molar-refractivity contribution in [1.82, 2.24) is 0 Å². The quantitative estimate of drug-likeness (QED) is 0.635. The SMILES string of the molecule is CCCOc1ccc(C=NNc2ccccc2)cc1F. The van der Waals surface area contributed by atoms with Crippen LogP contribution in [0.5, 0.6) is 5.75 Å². The van der Waals surface area contributed by atoms with Gasteiger partial charge in [0.05, 0.1) is 18.5 Å². The summed E-state index contributed by atoms with van der Waals surface area (Å²) in [5.41, 5.74) is 4.43. The van der Waals surface area contributed by atoms with Gasteiger partial charge >= 0.3 is 0 Å². The molecule has 0 saturated carbocycles. The van der Waals surface area contributed by atoms with E-state index in [-0.39, 0.29) is 11.6 Å². The second-order valence-electron chi connectivity index (χ2n) is 4.27. The van der Waals surface area contributed by atoms with Crippen LogP contribution in [0.4, 0.5) is 10.1 Å². The first kappa shape index (κ1) is 14.1. The minimum absolute atomic E-state index is 0.278. The molecule has 0 radical (unpaired) electrons. The Bertz CT molecular complexity index is 570. The van der Waals surface area contributed by atoms with Gasteiger partial charge in [0.2, 0.25) is 0 Å². The van der Waals surface area contributed by atoms with Gasteiger partial charge in [0.25, 0.3) is 0 Å². The monoisotopic (exact) mass is 272 g/mol. The fourth-order valence-corrected chi connectivity index (χ4v) is 1.62. The van der Waals surface area contributed by atoms with Crippen molar-refractivity contribution in [3.8, 4) is 5.75 Å². The number of ether oxygens (including phenoxy) is 1. The molecule has 0 aliphatic carbocycles. The number of hydrogen-bond acceptors (Lipinski definition) is 3. The third kappa shape index (κ3) is 4.09. The highest BCUT2D eigenvalue weighted by Gasteiger charge is 2.03. The van der Waals surface area contributed by atoms with E-state index in [1.807, 2.05) is 37.3 Å². The first-order valence-electron chi connectivity index (χ1n) is 6.56. The van der Waals surface area contributed by atoms with Crippen LogP contribution in [0.3, 0.4) is 0 Å². The van der Waals surface area contributed by atoms with Crippen molar-refractivity contribution in [2.75, 3.05) is 12.0 Å². The first-order valence-corrected chi connectivity index (χ1v) is 6.56. The second kappa shape index (κ2) is 7.28. The molecule has 1 N–H and O–H groups in total. The number of nitrogens with zero attached hydrogens (tertiary/aromatic N) is 1. The molecule has 2 rings (SSSR count). The zero-order valence-corrected chi connectivity index (χ0v) is 11.3. The maximum Gasteiger partial charge on any atom is 0.165 e. The zero-order valence-electron chi connectivity index (χ0n) is 11.3. The summed E-state index contributed by atoms with van der Waals surface area (Å²) in [6, 6.07) is 14.4. The fourth-order valence-electron chi connectivity index (χ4n) is 1.62. The largest absolute Gasteiger partial charge is 0.491 e. The van der Waals surface area contributed by atoms with E-state index in [2.05, 4.69) is 10.5 Å². The van der Waals surface area contributed by atoms with Crippen molar-refractivity contribution in [3.63, 3.8) is 0 Å². The van der Waals surface area contributed by atoms with Crippen LogP contribution in [0.25, 0.3) is 0 Å². The van der Waals surface area contributed by atoms with Gasteiger partial charge in [-0.25, -0.2) is 4.39 Å². The van der Waals surface area contributed by atoms with Crippen molar-refractivity contribution < 1.29 is 9.13 Å². The fraction of sp³-hybridized carbons (Fsp3) is 0.188. The average Bonchev–Trinajstić information content (AvgIpc) is 2.47. The number of hydrazone groups is 1. The first-order chi connectivity index (χ1) is 9.79. The van der Waals surface area contributed by atoms with Gasteiger partial charge < -0.3 is 4.74 Å². The molecule has 0 atom stereocenters. The Balaban J connectivity index is 1.97. The van der Waals surface area contributed by atoms with Gasteiger partial charge in [0.15, 0.2) is 11.6 Å². The molecule has 3 nitrogen and oxygen atoms in total. The average molecular weight is 272 g/mol. The van der Waals surface area contributed by atoms with E-state index in [0.29, 0.717) is 12.2 Å². The summed E-state index contributed by atoms with van der Waals surface area (Å²) in [6.45, 7) is 2.49. The summed E-state index contributed by atoms with van der Waals surface area (Å²) in [5, 5.41) is 4.06. The lowest BCUT2D eigenvalue weighted by atomic mass is 10.2. The lowest BCUT2D eigenvalue weighted by Gasteiger charge is -2.06. The van der Waals surface area contributed by atoms with Crippen molar-refractivity contribution in [1.29, 1.82) is 0 Å². The predicted molar refractivity (Wildman–Crippen MR) is 79.8 cm³/mol. The lowest BCUT2D eigenvalue weighted by molar-refractivity contribution is 0.301. The van der Waals surface area contributed by atoms with Crippen molar-refractivity contribution in [2.24, 2.45) is 5.10 Å². The summed E-state index contributed by atoms with van der Waals surface area (Å²) in [5.74, 6) is -0.0953. The molecular formula is C16H17FN2O. The van der Waals surface area contributed by atoms with Crippen LogP contribution in [-0.4, -0.2) is 12.8 Å². The molecule has 20 heavy (non-hydrogen) atoms. The smallest absolute Gasteiger partial charge is 0.165 e. The number of hydrogen-bond donors (Lipinski definition) is 1. The molecule has 0 amide bonds. The van der Waals surface area contributed by atoms with Gasteiger partial charge in [-0.05, 0) is 42.3 Å². The molecule has 0 spiro atoms. The Morgan fingerprint density at radius 1 is 1.20 bits per heavy atom. The van der Waals surface area contributed by atoms with Gasteiger partial charge in [0.1, 0.15) is 0 Å². The number of para-hydroxylation sites is 1. The predicted octanol–water partition coefficient (Wildman–Crippen LogP) is 4.06. The van der Waals surface area contributed by atoms with Gasteiger partial charge in [-0.2, -0.15) is 5.10 Å². The third-order valence-electron chi connectivity index (χ3n) is 2.60. The molecule has 0 fully saturated rings. The molecule has 104 valence electrons. The Morgan fingerprint density at radius 2 is 2.00 bits per heavy atom. The molecule has 0 bridgehead atoms. The maximum atomic E-state index is 13.7. The number of halogens is 1. The summed E-state index contributed by atoms with van der Waals surface area (Å²) in [6.07, 6.45) is 2.42. The number of nitrogens with one attached hydrogen (secondary N) is 1. The molecule has 0 saturated heterocycles. The van der Waals surface area contributed by atoms with Crippen LogP contribution in [-0.2, 0) is 0 Å². The molecule has 4 heteroatoms. The number of rotatable bonds is 6. The Hall–Kier alpha value is -2.36. The highest BCUT2D eigenvalue weighted by Crippen LogP contribution is 2.17. The van der Waals surface area contributed by atoms with Crippen LogP contribution < -0.4 is 10.2 Å². The molecule has 0 aliphatic heterocycles. The Morgan fingerprint density at radius 3 is 2.70 bits per heavy atom. The van der Waals surface area contributed by atoms with Crippen molar-refractivity contribution >= 4 is 11.9 Å². The van der Waals surface area contributed by atoms with Crippen LogP contribution in [0, 0.1) is 5.82 Å². The maximum absolute atomic E-state index is 13.7. The molecule has 2 aromatic carbocycles. The summed E-state index contributed by atoms with van der Waals surface area (Å²) in [7, 11) is 0. The normalized spacial score (nSPS) is 10.7. The number of anilines is 1. The van der Waals surface area contributed by atoms with Crippen LogP contribution in [0.2, 0.25) is 0 Å². The Labute approximate surface area is 118 Å². The van der Waals surface area contributed by atoms with Crippen molar-refractivity contribution in [3.05, 3.63) is 59.9 Å². The third-order valence-corrected chi connectivity index (χ3v) is 2.60. The van der Waals surface area contributed by atoms with E-state index >= 15 is 0 Å². The molecule has 0 unspecified atom stereocenters. The lowest BCUT2D eigenvalue weighted by Crippen LogP contribution is -1.98. The topological polar surface area (TPSA) is 33.6 Å². The molecule has 0 aromatic heterocycles. The second-order valence-corrected chi connectivity index (χ2v) is 4.27. The van der Waals surface area contributed by atoms with E-state index in [4.69, 9.17) is 4.74 Å². The highest BCUT2D eigenvalue weighted by molar-refractivity contribution is 5.80. The van der Waals surface area contributed by atoms with Crippen LogP contribution in [0.1, 0.15) is 18.9 Å².